The molecule has 0 aliphatic carbocycles. The Hall–Kier alpha value is -2.79. The molecule has 2 aromatic carbocycles. The molecule has 1 aliphatic rings. The zero-order valence-corrected chi connectivity index (χ0v) is 20.0. The van der Waals surface area contributed by atoms with Crippen LogP contribution in [0.1, 0.15) is 5.56 Å². The zero-order chi connectivity index (χ0) is 23.0. The zero-order valence-electron chi connectivity index (χ0n) is 17.6. The highest BCUT2D eigenvalue weighted by atomic mass is 32.2. The van der Waals surface area contributed by atoms with Gasteiger partial charge in [0, 0.05) is 38.5 Å². The molecule has 0 saturated carbocycles. The summed E-state index contributed by atoms with van der Waals surface area (Å²) in [6.07, 6.45) is 3.57. The smallest absolute Gasteiger partial charge is 0.265 e. The summed E-state index contributed by atoms with van der Waals surface area (Å²) in [5.74, 6) is -0.178. The number of carbonyl (C=O) groups excluding carboxylic acids is 1. The second-order valence-corrected chi connectivity index (χ2v) is 11.1. The van der Waals surface area contributed by atoms with Crippen LogP contribution >= 0.6 is 24.0 Å². The van der Waals surface area contributed by atoms with Crippen LogP contribution in [0.4, 0.5) is 0 Å². The van der Waals surface area contributed by atoms with Crippen LogP contribution in [0.25, 0.3) is 23.0 Å². The Bertz CT molecular complexity index is 1350. The highest BCUT2D eigenvalue weighted by molar-refractivity contribution is 8.26. The second kappa shape index (κ2) is 8.62. The first-order valence-corrected chi connectivity index (χ1v) is 12.2. The van der Waals surface area contributed by atoms with Crippen molar-refractivity contribution in [3.05, 3.63) is 71.3 Å². The molecule has 164 valence electrons. The van der Waals surface area contributed by atoms with E-state index in [-0.39, 0.29) is 10.8 Å². The molecule has 7 nitrogen and oxygen atoms in total. The number of nitrogens with zero attached hydrogens (tertiary/aromatic N) is 4. The number of sulfonamides is 1. The SMILES string of the molecule is CN1C(=O)C(=Cc2cn(-c3ccccc3)nc2-c2cccc(S(=O)(=O)N(C)C)c2)SC1=S. The molecular weight excluding hydrogens is 464 g/mol. The van der Waals surface area contributed by atoms with Crippen LogP contribution in [0.2, 0.25) is 0 Å². The average Bonchev–Trinajstić information content (AvgIpc) is 3.31. The number of thioether (sulfide) groups is 1. The van der Waals surface area contributed by atoms with Gasteiger partial charge in [0.15, 0.2) is 0 Å². The van der Waals surface area contributed by atoms with Crippen LogP contribution in [-0.4, -0.2) is 58.8 Å². The molecule has 4 rings (SSSR count). The first-order valence-electron chi connectivity index (χ1n) is 9.58. The van der Waals surface area contributed by atoms with E-state index in [4.69, 9.17) is 17.3 Å². The summed E-state index contributed by atoms with van der Waals surface area (Å²) >= 11 is 6.46. The van der Waals surface area contributed by atoms with Gasteiger partial charge in [-0.25, -0.2) is 17.4 Å². The van der Waals surface area contributed by atoms with E-state index in [1.807, 2.05) is 36.5 Å². The predicted molar refractivity (Wildman–Crippen MR) is 131 cm³/mol. The maximum Gasteiger partial charge on any atom is 0.265 e. The molecule has 1 amide bonds. The Morgan fingerprint density at radius 1 is 1.09 bits per heavy atom. The Labute approximate surface area is 196 Å². The molecule has 0 spiro atoms. The fraction of sp³-hybridized carbons (Fsp3) is 0.136. The highest BCUT2D eigenvalue weighted by Crippen LogP contribution is 2.34. The minimum absolute atomic E-state index is 0.167. The van der Waals surface area contributed by atoms with Gasteiger partial charge < -0.3 is 0 Å². The van der Waals surface area contributed by atoms with Crippen molar-refractivity contribution in [2.45, 2.75) is 4.90 Å². The third-order valence-corrected chi connectivity index (χ3v) is 8.22. The number of para-hydroxylation sites is 1. The van der Waals surface area contributed by atoms with E-state index in [0.717, 1.165) is 5.69 Å². The number of amides is 1. The van der Waals surface area contributed by atoms with Gasteiger partial charge in [-0.15, -0.1) is 0 Å². The monoisotopic (exact) mass is 484 g/mol. The third kappa shape index (κ3) is 4.14. The average molecular weight is 485 g/mol. The minimum Gasteiger partial charge on any atom is -0.296 e. The second-order valence-electron chi connectivity index (χ2n) is 7.27. The Morgan fingerprint density at radius 3 is 2.44 bits per heavy atom. The lowest BCUT2D eigenvalue weighted by molar-refractivity contribution is -0.121. The van der Waals surface area contributed by atoms with Crippen molar-refractivity contribution in [3.8, 4) is 16.9 Å². The number of aromatic nitrogens is 2. The third-order valence-electron chi connectivity index (χ3n) is 4.92. The summed E-state index contributed by atoms with van der Waals surface area (Å²) in [5.41, 5.74) is 2.71. The summed E-state index contributed by atoms with van der Waals surface area (Å²) in [4.78, 5) is 14.6. The molecular formula is C22H20N4O3S3. The lowest BCUT2D eigenvalue weighted by Gasteiger charge is -2.12. The van der Waals surface area contributed by atoms with Crippen molar-refractivity contribution in [2.24, 2.45) is 0 Å². The van der Waals surface area contributed by atoms with Gasteiger partial charge in [0.25, 0.3) is 5.91 Å². The molecule has 0 bridgehead atoms. The van der Waals surface area contributed by atoms with Crippen molar-refractivity contribution in [2.75, 3.05) is 21.1 Å². The number of carbonyl (C=O) groups is 1. The topological polar surface area (TPSA) is 75.5 Å². The van der Waals surface area contributed by atoms with E-state index in [0.29, 0.717) is 26.0 Å². The summed E-state index contributed by atoms with van der Waals surface area (Å²) in [6, 6.07) is 16.2. The van der Waals surface area contributed by atoms with Crippen molar-refractivity contribution in [1.29, 1.82) is 0 Å². The van der Waals surface area contributed by atoms with Crippen LogP contribution in [0.5, 0.6) is 0 Å². The van der Waals surface area contributed by atoms with Crippen molar-refractivity contribution in [1.82, 2.24) is 19.0 Å². The van der Waals surface area contributed by atoms with Crippen LogP contribution in [0.15, 0.2) is 70.6 Å². The van der Waals surface area contributed by atoms with E-state index in [2.05, 4.69) is 0 Å². The first-order chi connectivity index (χ1) is 15.2. The molecule has 3 aromatic rings. The van der Waals surface area contributed by atoms with Crippen molar-refractivity contribution < 1.29 is 13.2 Å². The van der Waals surface area contributed by atoms with Gasteiger partial charge in [0.1, 0.15) is 10.0 Å². The number of benzene rings is 2. The van der Waals surface area contributed by atoms with Crippen LogP contribution in [0.3, 0.4) is 0 Å². The lowest BCUT2D eigenvalue weighted by Crippen LogP contribution is -2.22. The fourth-order valence-corrected chi connectivity index (χ4v) is 5.25. The number of thiocarbonyl (C=S) groups is 1. The standard InChI is InChI=1S/C22H20N4O3S3/c1-24(2)32(28,29)18-11-7-8-15(12-18)20-16(13-19-21(27)25(3)22(30)31-19)14-26(23-20)17-9-5-4-6-10-17/h4-14H,1-3H3. The Balaban J connectivity index is 1.88. The Kier molecular flexibility index (Phi) is 6.04. The summed E-state index contributed by atoms with van der Waals surface area (Å²) in [6.45, 7) is 0. The van der Waals surface area contributed by atoms with Gasteiger partial charge in [0.05, 0.1) is 15.5 Å². The molecule has 32 heavy (non-hydrogen) atoms. The summed E-state index contributed by atoms with van der Waals surface area (Å²) < 4.78 is 28.6. The van der Waals surface area contributed by atoms with Gasteiger partial charge in [-0.05, 0) is 30.3 Å². The molecule has 10 heteroatoms. The summed E-state index contributed by atoms with van der Waals surface area (Å²) in [5, 5.41) is 4.72. The molecule has 0 radical (unpaired) electrons. The molecule has 2 heterocycles. The van der Waals surface area contributed by atoms with Gasteiger partial charge >= 0.3 is 0 Å². The van der Waals surface area contributed by atoms with E-state index in [9.17, 15) is 13.2 Å². The number of hydrogen-bond donors (Lipinski definition) is 0. The van der Waals surface area contributed by atoms with Crippen LogP contribution < -0.4 is 0 Å². The predicted octanol–water partition coefficient (Wildman–Crippen LogP) is 3.62. The van der Waals surface area contributed by atoms with Gasteiger partial charge in [-0.3, -0.25) is 9.69 Å². The molecule has 0 N–H and O–H groups in total. The van der Waals surface area contributed by atoms with Gasteiger partial charge in [0.2, 0.25) is 10.0 Å². The molecule has 1 aromatic heterocycles. The lowest BCUT2D eigenvalue weighted by atomic mass is 10.1. The van der Waals surface area contributed by atoms with E-state index in [1.54, 1.807) is 42.1 Å². The maximum absolute atomic E-state index is 12.6. The molecule has 0 atom stereocenters. The van der Waals surface area contributed by atoms with Crippen molar-refractivity contribution in [3.63, 3.8) is 0 Å². The molecule has 1 aliphatic heterocycles. The van der Waals surface area contributed by atoms with Crippen LogP contribution in [0, 0.1) is 0 Å². The normalized spacial score (nSPS) is 15.9. The molecule has 1 fully saturated rings. The van der Waals surface area contributed by atoms with E-state index < -0.39 is 10.0 Å². The van der Waals surface area contributed by atoms with Crippen molar-refractivity contribution >= 4 is 50.3 Å². The number of likely N-dealkylation sites (N-methyl/N-ethyl adjacent to an activating group) is 1. The van der Waals surface area contributed by atoms with Crippen LogP contribution in [-0.2, 0) is 14.8 Å². The first kappa shape index (κ1) is 22.4. The Morgan fingerprint density at radius 2 is 1.81 bits per heavy atom. The molecule has 0 unspecified atom stereocenters. The highest BCUT2D eigenvalue weighted by Gasteiger charge is 2.29. The fourth-order valence-electron chi connectivity index (χ4n) is 3.13. The quantitative estimate of drug-likeness (QED) is 0.407. The van der Waals surface area contributed by atoms with E-state index >= 15 is 0 Å². The largest absolute Gasteiger partial charge is 0.296 e. The van der Waals surface area contributed by atoms with Gasteiger partial charge in [-0.1, -0.05) is 54.3 Å². The maximum atomic E-state index is 12.6. The summed E-state index contributed by atoms with van der Waals surface area (Å²) in [7, 11) is 1.01. The number of hydrogen-bond acceptors (Lipinski definition) is 6. The number of rotatable bonds is 5. The van der Waals surface area contributed by atoms with E-state index in [1.165, 1.54) is 35.1 Å². The molecule has 1 saturated heterocycles. The van der Waals surface area contributed by atoms with Gasteiger partial charge in [-0.2, -0.15) is 5.10 Å². The minimum atomic E-state index is -3.61.